The number of rotatable bonds is 5. The normalized spacial score (nSPS) is 16.8. The zero-order valence-electron chi connectivity index (χ0n) is 17.0. The molecule has 0 unspecified atom stereocenters. The highest BCUT2D eigenvalue weighted by Crippen LogP contribution is 2.36. The van der Waals surface area contributed by atoms with Crippen molar-refractivity contribution >= 4 is 15.9 Å². The molecule has 0 bridgehead atoms. The lowest BCUT2D eigenvalue weighted by Crippen LogP contribution is -2.37. The van der Waals surface area contributed by atoms with Gasteiger partial charge in [-0.3, -0.25) is 4.79 Å². The van der Waals surface area contributed by atoms with Crippen molar-refractivity contribution in [2.45, 2.75) is 30.6 Å². The number of hydrogen-bond acceptors (Lipinski definition) is 3. The van der Waals surface area contributed by atoms with E-state index in [9.17, 15) is 17.6 Å². The maximum Gasteiger partial charge on any atom is 0.270 e. The van der Waals surface area contributed by atoms with Gasteiger partial charge in [-0.2, -0.15) is 0 Å². The molecule has 3 aromatic rings. The van der Waals surface area contributed by atoms with Crippen LogP contribution in [0, 0.1) is 12.7 Å². The van der Waals surface area contributed by atoms with Gasteiger partial charge in [0.05, 0.1) is 4.90 Å². The summed E-state index contributed by atoms with van der Waals surface area (Å²) in [6.45, 7) is 1.87. The minimum Gasteiger partial charge on any atom is -0.273 e. The van der Waals surface area contributed by atoms with Crippen LogP contribution in [0.3, 0.4) is 0 Å². The fraction of sp³-hybridized carbons (Fsp3) is 0.160. The van der Waals surface area contributed by atoms with Gasteiger partial charge in [0.25, 0.3) is 10.0 Å². The summed E-state index contributed by atoms with van der Waals surface area (Å²) in [5.41, 5.74) is 3.50. The average Bonchev–Trinajstić information content (AvgIpc) is 2.76. The molecule has 1 atom stereocenters. The second kappa shape index (κ2) is 8.47. The van der Waals surface area contributed by atoms with Crippen LogP contribution in [0.5, 0.6) is 0 Å². The lowest BCUT2D eigenvalue weighted by molar-refractivity contribution is -0.125. The molecule has 0 saturated heterocycles. The van der Waals surface area contributed by atoms with Crippen molar-refractivity contribution in [1.82, 2.24) is 4.31 Å². The van der Waals surface area contributed by atoms with E-state index in [4.69, 9.17) is 0 Å². The number of halogens is 1. The Bertz CT molecular complexity index is 1220. The standard InChI is InChI=1S/C25H22FNO3S/c1-18-7-13-23(14-8-18)31(29,30)27-17-21(15-19-5-3-2-4-6-19)24(16-25(27)28)20-9-11-22(26)12-10-20/h2-14,17,24H,15-16H2,1H3/t24-/m1/s1. The molecular formula is C25H22FNO3S. The van der Waals surface area contributed by atoms with Crippen LogP contribution in [-0.4, -0.2) is 18.6 Å². The minimum absolute atomic E-state index is 0.00457. The number of hydrogen-bond donors (Lipinski definition) is 0. The third-order valence-electron chi connectivity index (χ3n) is 5.46. The monoisotopic (exact) mass is 435 g/mol. The van der Waals surface area contributed by atoms with Crippen molar-refractivity contribution < 1.29 is 17.6 Å². The third kappa shape index (κ3) is 4.44. The second-order valence-corrected chi connectivity index (χ2v) is 9.50. The first-order valence-electron chi connectivity index (χ1n) is 9.98. The number of aryl methyl sites for hydroxylation is 1. The molecule has 31 heavy (non-hydrogen) atoms. The van der Waals surface area contributed by atoms with Crippen LogP contribution in [0.4, 0.5) is 4.39 Å². The summed E-state index contributed by atoms with van der Waals surface area (Å²) in [5, 5.41) is 0. The zero-order valence-corrected chi connectivity index (χ0v) is 17.8. The van der Waals surface area contributed by atoms with Crippen LogP contribution in [0.1, 0.15) is 29.0 Å². The molecule has 0 aromatic heterocycles. The van der Waals surface area contributed by atoms with E-state index >= 15 is 0 Å². The van der Waals surface area contributed by atoms with Gasteiger partial charge in [0, 0.05) is 18.5 Å². The second-order valence-electron chi connectivity index (χ2n) is 7.68. The summed E-state index contributed by atoms with van der Waals surface area (Å²) in [4.78, 5) is 13.0. The highest BCUT2D eigenvalue weighted by atomic mass is 32.2. The fourth-order valence-electron chi connectivity index (χ4n) is 3.76. The first-order valence-corrected chi connectivity index (χ1v) is 11.4. The number of sulfonamides is 1. The Labute approximate surface area is 181 Å². The first kappa shape index (κ1) is 21.0. The summed E-state index contributed by atoms with van der Waals surface area (Å²) in [6.07, 6.45) is 1.92. The van der Waals surface area contributed by atoms with Gasteiger partial charge in [-0.15, -0.1) is 0 Å². The predicted octanol–water partition coefficient (Wildman–Crippen LogP) is 4.97. The Balaban J connectivity index is 1.77. The van der Waals surface area contributed by atoms with Gasteiger partial charge < -0.3 is 0 Å². The van der Waals surface area contributed by atoms with Crippen LogP contribution >= 0.6 is 0 Å². The summed E-state index contributed by atoms with van der Waals surface area (Å²) >= 11 is 0. The van der Waals surface area contributed by atoms with Crippen molar-refractivity contribution in [3.63, 3.8) is 0 Å². The quantitative estimate of drug-likeness (QED) is 0.569. The van der Waals surface area contributed by atoms with Crippen LogP contribution in [0.2, 0.25) is 0 Å². The molecule has 0 fully saturated rings. The number of allylic oxidation sites excluding steroid dienone is 1. The lowest BCUT2D eigenvalue weighted by atomic mass is 9.83. The summed E-state index contributed by atoms with van der Waals surface area (Å²) in [7, 11) is -4.02. The van der Waals surface area contributed by atoms with E-state index < -0.39 is 15.9 Å². The molecule has 6 heteroatoms. The molecule has 1 aliphatic heterocycles. The highest BCUT2D eigenvalue weighted by Gasteiger charge is 2.35. The Morgan fingerprint density at radius 2 is 1.58 bits per heavy atom. The SMILES string of the molecule is Cc1ccc(S(=O)(=O)N2C=C(Cc3ccccc3)[C@@H](c3ccc(F)cc3)CC2=O)cc1. The largest absolute Gasteiger partial charge is 0.273 e. The number of carbonyl (C=O) groups is 1. The fourth-order valence-corrected chi connectivity index (χ4v) is 5.09. The van der Waals surface area contributed by atoms with Gasteiger partial charge in [0.15, 0.2) is 0 Å². The van der Waals surface area contributed by atoms with Gasteiger partial charge in [0.1, 0.15) is 5.82 Å². The maximum atomic E-state index is 13.4. The van der Waals surface area contributed by atoms with Gasteiger partial charge in [-0.25, -0.2) is 17.1 Å². The van der Waals surface area contributed by atoms with Crippen molar-refractivity contribution in [1.29, 1.82) is 0 Å². The number of carbonyl (C=O) groups excluding carboxylic acids is 1. The zero-order chi connectivity index (χ0) is 22.0. The van der Waals surface area contributed by atoms with Crippen LogP contribution in [0.15, 0.2) is 95.5 Å². The van der Waals surface area contributed by atoms with Crippen LogP contribution < -0.4 is 0 Å². The smallest absolute Gasteiger partial charge is 0.270 e. The molecule has 1 heterocycles. The van der Waals surface area contributed by atoms with Crippen molar-refractivity contribution in [3.8, 4) is 0 Å². The van der Waals surface area contributed by atoms with Crippen molar-refractivity contribution in [3.05, 3.63) is 113 Å². The van der Waals surface area contributed by atoms with E-state index in [0.717, 1.165) is 26.6 Å². The van der Waals surface area contributed by atoms with Crippen LogP contribution in [-0.2, 0) is 21.2 Å². The minimum atomic E-state index is -4.02. The molecule has 0 spiro atoms. The van der Waals surface area contributed by atoms with E-state index in [-0.39, 0.29) is 23.1 Å². The number of amides is 1. The van der Waals surface area contributed by atoms with Crippen molar-refractivity contribution in [2.75, 3.05) is 0 Å². The summed E-state index contributed by atoms with van der Waals surface area (Å²) < 4.78 is 40.7. The number of nitrogens with zero attached hydrogens (tertiary/aromatic N) is 1. The van der Waals surface area contributed by atoms with E-state index in [1.165, 1.54) is 30.5 Å². The molecule has 158 valence electrons. The van der Waals surface area contributed by atoms with E-state index in [0.29, 0.717) is 6.42 Å². The summed E-state index contributed by atoms with van der Waals surface area (Å²) in [6, 6.07) is 22.1. The van der Waals surface area contributed by atoms with Gasteiger partial charge in [0.2, 0.25) is 5.91 Å². The molecule has 0 aliphatic carbocycles. The third-order valence-corrected chi connectivity index (χ3v) is 7.15. The lowest BCUT2D eigenvalue weighted by Gasteiger charge is -2.31. The molecule has 4 nitrogen and oxygen atoms in total. The molecule has 0 radical (unpaired) electrons. The van der Waals surface area contributed by atoms with Gasteiger partial charge >= 0.3 is 0 Å². The molecule has 1 aliphatic rings. The Hall–Kier alpha value is -3.25. The molecule has 0 N–H and O–H groups in total. The molecule has 0 saturated carbocycles. The summed E-state index contributed by atoms with van der Waals surface area (Å²) in [5.74, 6) is -1.19. The van der Waals surface area contributed by atoms with E-state index in [1.807, 2.05) is 37.3 Å². The molecule has 3 aromatic carbocycles. The maximum absolute atomic E-state index is 13.4. The van der Waals surface area contributed by atoms with E-state index in [2.05, 4.69) is 0 Å². The average molecular weight is 436 g/mol. The first-order chi connectivity index (χ1) is 14.8. The van der Waals surface area contributed by atoms with Crippen molar-refractivity contribution in [2.24, 2.45) is 0 Å². The van der Waals surface area contributed by atoms with E-state index in [1.54, 1.807) is 24.3 Å². The van der Waals surface area contributed by atoms with Gasteiger partial charge in [-0.1, -0.05) is 60.2 Å². The Morgan fingerprint density at radius 1 is 0.935 bits per heavy atom. The molecule has 4 rings (SSSR count). The highest BCUT2D eigenvalue weighted by molar-refractivity contribution is 7.89. The van der Waals surface area contributed by atoms with Crippen LogP contribution in [0.25, 0.3) is 0 Å². The Morgan fingerprint density at radius 3 is 2.23 bits per heavy atom. The number of benzene rings is 3. The molecule has 1 amide bonds. The van der Waals surface area contributed by atoms with Gasteiger partial charge in [-0.05, 0) is 54.3 Å². The predicted molar refractivity (Wildman–Crippen MR) is 117 cm³/mol. The Kier molecular flexibility index (Phi) is 5.74. The molecular weight excluding hydrogens is 413 g/mol. The topological polar surface area (TPSA) is 54.5 Å².